The van der Waals surface area contributed by atoms with Gasteiger partial charge in [0.1, 0.15) is 6.04 Å². The Kier molecular flexibility index (Phi) is 8.44. The first-order chi connectivity index (χ1) is 15.0. The van der Waals surface area contributed by atoms with E-state index in [1.807, 2.05) is 50.2 Å². The standard InChI is InChI=1S/C24H32N4O3/c1-18(2)22(27-24(30)26-21-10-4-3-5-11-21)23(29)25-16-19-8-6-7-9-20(19)17-28-12-14-31-15-13-28/h3-11,18,22H,12-17H2,1-2H3,(H,25,29)(H2,26,27,30). The van der Waals surface area contributed by atoms with Crippen LogP contribution in [0.15, 0.2) is 54.6 Å². The van der Waals surface area contributed by atoms with Crippen LogP contribution in [0.2, 0.25) is 0 Å². The van der Waals surface area contributed by atoms with Crippen molar-refractivity contribution in [2.45, 2.75) is 33.0 Å². The zero-order valence-electron chi connectivity index (χ0n) is 18.3. The maximum Gasteiger partial charge on any atom is 0.319 e. The van der Waals surface area contributed by atoms with Gasteiger partial charge >= 0.3 is 6.03 Å². The highest BCUT2D eigenvalue weighted by Crippen LogP contribution is 2.13. The second-order valence-electron chi connectivity index (χ2n) is 8.06. The molecule has 2 aromatic rings. The van der Waals surface area contributed by atoms with Crippen molar-refractivity contribution in [3.63, 3.8) is 0 Å². The van der Waals surface area contributed by atoms with E-state index in [4.69, 9.17) is 4.74 Å². The largest absolute Gasteiger partial charge is 0.379 e. The van der Waals surface area contributed by atoms with Crippen LogP contribution in [0, 0.1) is 5.92 Å². The number of ether oxygens (including phenoxy) is 1. The topological polar surface area (TPSA) is 82.7 Å². The number of hydrogen-bond donors (Lipinski definition) is 3. The Morgan fingerprint density at radius 3 is 2.29 bits per heavy atom. The molecule has 3 N–H and O–H groups in total. The van der Waals surface area contributed by atoms with E-state index in [0.29, 0.717) is 12.2 Å². The van der Waals surface area contributed by atoms with Crippen LogP contribution in [-0.4, -0.2) is 49.2 Å². The molecule has 1 aliphatic heterocycles. The number of para-hydroxylation sites is 1. The zero-order chi connectivity index (χ0) is 22.1. The Balaban J connectivity index is 1.57. The lowest BCUT2D eigenvalue weighted by atomic mass is 10.0. The summed E-state index contributed by atoms with van der Waals surface area (Å²) in [4.78, 5) is 27.6. The minimum atomic E-state index is -0.630. The Hall–Kier alpha value is -2.90. The molecule has 7 heteroatoms. The number of carbonyl (C=O) groups excluding carboxylic acids is 2. The van der Waals surface area contributed by atoms with E-state index in [-0.39, 0.29) is 11.8 Å². The molecule has 0 saturated carbocycles. The highest BCUT2D eigenvalue weighted by molar-refractivity contribution is 5.93. The maximum absolute atomic E-state index is 12.9. The highest BCUT2D eigenvalue weighted by atomic mass is 16.5. The van der Waals surface area contributed by atoms with Crippen LogP contribution in [0.1, 0.15) is 25.0 Å². The molecule has 31 heavy (non-hydrogen) atoms. The van der Waals surface area contributed by atoms with E-state index < -0.39 is 12.1 Å². The number of urea groups is 1. The molecule has 1 heterocycles. The Bertz CT molecular complexity index is 851. The van der Waals surface area contributed by atoms with Crippen molar-refractivity contribution < 1.29 is 14.3 Å². The van der Waals surface area contributed by atoms with Gasteiger partial charge in [-0.15, -0.1) is 0 Å². The lowest BCUT2D eigenvalue weighted by Crippen LogP contribution is -2.50. The van der Waals surface area contributed by atoms with Crippen LogP contribution < -0.4 is 16.0 Å². The van der Waals surface area contributed by atoms with Gasteiger partial charge in [-0.3, -0.25) is 9.69 Å². The van der Waals surface area contributed by atoms with E-state index in [0.717, 1.165) is 38.4 Å². The quantitative estimate of drug-likeness (QED) is 0.608. The van der Waals surface area contributed by atoms with E-state index in [1.165, 1.54) is 5.56 Å². The van der Waals surface area contributed by atoms with Crippen molar-refractivity contribution in [1.29, 1.82) is 0 Å². The van der Waals surface area contributed by atoms with Crippen LogP contribution in [0.4, 0.5) is 10.5 Å². The highest BCUT2D eigenvalue weighted by Gasteiger charge is 2.24. The minimum Gasteiger partial charge on any atom is -0.379 e. The molecule has 2 aromatic carbocycles. The molecule has 0 radical (unpaired) electrons. The summed E-state index contributed by atoms with van der Waals surface area (Å²) in [6, 6.07) is 16.3. The minimum absolute atomic E-state index is 0.0508. The van der Waals surface area contributed by atoms with E-state index >= 15 is 0 Å². The van der Waals surface area contributed by atoms with Gasteiger partial charge in [0.05, 0.1) is 13.2 Å². The third-order valence-corrected chi connectivity index (χ3v) is 5.34. The van der Waals surface area contributed by atoms with Crippen LogP contribution in [0.3, 0.4) is 0 Å². The molecule has 3 rings (SSSR count). The molecule has 166 valence electrons. The fourth-order valence-corrected chi connectivity index (χ4v) is 3.54. The second kappa shape index (κ2) is 11.5. The summed E-state index contributed by atoms with van der Waals surface area (Å²) >= 11 is 0. The Labute approximate surface area is 184 Å². The number of amides is 3. The molecule has 3 amide bonds. The van der Waals surface area contributed by atoms with Crippen molar-refractivity contribution in [3.8, 4) is 0 Å². The van der Waals surface area contributed by atoms with E-state index in [2.05, 4.69) is 26.9 Å². The molecule has 1 saturated heterocycles. The smallest absolute Gasteiger partial charge is 0.319 e. The van der Waals surface area contributed by atoms with Gasteiger partial charge in [0.25, 0.3) is 0 Å². The average Bonchev–Trinajstić information content (AvgIpc) is 2.78. The molecule has 0 bridgehead atoms. The van der Waals surface area contributed by atoms with Crippen LogP contribution in [0.5, 0.6) is 0 Å². The molecule has 0 aromatic heterocycles. The summed E-state index contributed by atoms with van der Waals surface area (Å²) in [6.45, 7) is 8.43. The molecular formula is C24H32N4O3. The molecule has 1 fully saturated rings. The van der Waals surface area contributed by atoms with Gasteiger partial charge in [0.2, 0.25) is 5.91 Å². The first-order valence-electron chi connectivity index (χ1n) is 10.8. The third kappa shape index (κ3) is 7.08. The fraction of sp³-hybridized carbons (Fsp3) is 0.417. The van der Waals surface area contributed by atoms with Crippen molar-refractivity contribution in [2.24, 2.45) is 5.92 Å². The normalized spacial score (nSPS) is 15.3. The SMILES string of the molecule is CC(C)C(NC(=O)Nc1ccccc1)C(=O)NCc1ccccc1CN1CCOCC1. The number of morpholine rings is 1. The summed E-state index contributed by atoms with van der Waals surface area (Å²) < 4.78 is 5.43. The van der Waals surface area contributed by atoms with Crippen molar-refractivity contribution in [1.82, 2.24) is 15.5 Å². The summed E-state index contributed by atoms with van der Waals surface area (Å²) in [5.41, 5.74) is 2.96. The van der Waals surface area contributed by atoms with Crippen LogP contribution in [0.25, 0.3) is 0 Å². The first-order valence-corrected chi connectivity index (χ1v) is 10.8. The molecule has 1 unspecified atom stereocenters. The van der Waals surface area contributed by atoms with Gasteiger partial charge in [-0.25, -0.2) is 4.79 Å². The van der Waals surface area contributed by atoms with Gasteiger partial charge in [0, 0.05) is 31.9 Å². The predicted octanol–water partition coefficient (Wildman–Crippen LogP) is 2.98. The van der Waals surface area contributed by atoms with Gasteiger partial charge in [0.15, 0.2) is 0 Å². The molecule has 0 spiro atoms. The second-order valence-corrected chi connectivity index (χ2v) is 8.06. The van der Waals surface area contributed by atoms with Gasteiger partial charge in [-0.05, 0) is 29.2 Å². The predicted molar refractivity (Wildman–Crippen MR) is 122 cm³/mol. The number of nitrogens with one attached hydrogen (secondary N) is 3. The molecule has 1 atom stereocenters. The number of hydrogen-bond acceptors (Lipinski definition) is 4. The summed E-state index contributed by atoms with van der Waals surface area (Å²) in [5.74, 6) is -0.246. The fourth-order valence-electron chi connectivity index (χ4n) is 3.54. The Morgan fingerprint density at radius 1 is 0.968 bits per heavy atom. The van der Waals surface area contributed by atoms with Crippen molar-refractivity contribution in [2.75, 3.05) is 31.6 Å². The molecule has 7 nitrogen and oxygen atoms in total. The summed E-state index contributed by atoms with van der Waals surface area (Å²) in [7, 11) is 0. The van der Waals surface area contributed by atoms with E-state index in [9.17, 15) is 9.59 Å². The van der Waals surface area contributed by atoms with Crippen LogP contribution in [-0.2, 0) is 22.6 Å². The average molecular weight is 425 g/mol. The van der Waals surface area contributed by atoms with E-state index in [1.54, 1.807) is 12.1 Å². The lowest BCUT2D eigenvalue weighted by Gasteiger charge is -2.27. The van der Waals surface area contributed by atoms with Crippen LogP contribution >= 0.6 is 0 Å². The lowest BCUT2D eigenvalue weighted by molar-refractivity contribution is -0.124. The van der Waals surface area contributed by atoms with Gasteiger partial charge < -0.3 is 20.7 Å². The van der Waals surface area contributed by atoms with Crippen molar-refractivity contribution >= 4 is 17.6 Å². The summed E-state index contributed by atoms with van der Waals surface area (Å²) in [6.07, 6.45) is 0. The number of rotatable bonds is 8. The maximum atomic E-state index is 12.9. The Morgan fingerprint density at radius 2 is 1.61 bits per heavy atom. The monoisotopic (exact) mass is 424 g/mol. The molecule has 0 aliphatic carbocycles. The number of benzene rings is 2. The summed E-state index contributed by atoms with van der Waals surface area (Å²) in [5, 5.41) is 8.56. The van der Waals surface area contributed by atoms with Gasteiger partial charge in [-0.2, -0.15) is 0 Å². The number of carbonyl (C=O) groups is 2. The van der Waals surface area contributed by atoms with Crippen molar-refractivity contribution in [3.05, 3.63) is 65.7 Å². The number of anilines is 1. The number of nitrogens with zero attached hydrogens (tertiary/aromatic N) is 1. The zero-order valence-corrected chi connectivity index (χ0v) is 18.3. The molecule has 1 aliphatic rings. The van der Waals surface area contributed by atoms with Gasteiger partial charge in [-0.1, -0.05) is 56.3 Å². The third-order valence-electron chi connectivity index (χ3n) is 5.34. The first kappa shape index (κ1) is 22.8. The molecular weight excluding hydrogens is 392 g/mol.